The summed E-state index contributed by atoms with van der Waals surface area (Å²) >= 11 is 0. The van der Waals surface area contributed by atoms with Crippen LogP contribution in [0.25, 0.3) is 0 Å². The van der Waals surface area contributed by atoms with Crippen LogP contribution in [0.1, 0.15) is 58.3 Å². The van der Waals surface area contributed by atoms with Crippen molar-refractivity contribution in [1.82, 2.24) is 0 Å². The summed E-state index contributed by atoms with van der Waals surface area (Å²) in [5.41, 5.74) is 0. The molecule has 0 rings (SSSR count). The second-order valence-electron chi connectivity index (χ2n) is 4.53. The van der Waals surface area contributed by atoms with Crippen LogP contribution < -0.4 is 0 Å². The molecule has 118 valence electrons. The topological polar surface area (TPSA) is 86.7 Å². The van der Waals surface area contributed by atoms with Crippen molar-refractivity contribution >= 4 is 22.0 Å². The van der Waals surface area contributed by atoms with Crippen molar-refractivity contribution in [1.29, 1.82) is 0 Å². The number of rotatable bonds is 13. The summed E-state index contributed by atoms with van der Waals surface area (Å²) in [4.78, 5) is 22.9. The minimum Gasteiger partial charge on any atom is -0.300 e. The maximum Gasteiger partial charge on any atom is 0.399 e. The van der Waals surface area contributed by atoms with E-state index >= 15 is 0 Å². The quantitative estimate of drug-likeness (QED) is 0.485. The van der Waals surface area contributed by atoms with Crippen LogP contribution in [0.5, 0.6) is 0 Å². The summed E-state index contributed by atoms with van der Waals surface area (Å²) in [6, 6.07) is 0. The average molecular weight is 308 g/mol. The normalized spacial score (nSPS) is 11.5. The molecule has 6 nitrogen and oxygen atoms in total. The van der Waals surface area contributed by atoms with E-state index < -0.39 is 10.4 Å². The van der Waals surface area contributed by atoms with E-state index in [2.05, 4.69) is 8.37 Å². The van der Waals surface area contributed by atoms with E-state index in [0.717, 1.165) is 20.0 Å². The summed E-state index contributed by atoms with van der Waals surface area (Å²) in [6.45, 7) is 2.02. The van der Waals surface area contributed by atoms with Crippen LogP contribution >= 0.6 is 0 Å². The fraction of sp³-hybridized carbons (Fsp3) is 0.846. The Hall–Kier alpha value is -0.790. The van der Waals surface area contributed by atoms with Crippen molar-refractivity contribution < 1.29 is 26.4 Å². The van der Waals surface area contributed by atoms with Gasteiger partial charge in [-0.05, 0) is 19.3 Å². The number of Topliss-reactive ketones (excluding diaryl/α,β-unsaturated/α-hetero) is 2. The largest absolute Gasteiger partial charge is 0.399 e. The lowest BCUT2D eigenvalue weighted by molar-refractivity contribution is -0.124. The molecule has 0 amide bonds. The summed E-state index contributed by atoms with van der Waals surface area (Å²) in [6.07, 6.45) is 4.33. The molecule has 20 heavy (non-hydrogen) atoms. The van der Waals surface area contributed by atoms with E-state index in [4.69, 9.17) is 0 Å². The van der Waals surface area contributed by atoms with Gasteiger partial charge in [-0.15, -0.1) is 0 Å². The average Bonchev–Trinajstić information content (AvgIpc) is 2.42. The Bertz CT molecular complexity index is 388. The molecule has 0 saturated heterocycles. The van der Waals surface area contributed by atoms with Crippen LogP contribution in [0, 0.1) is 0 Å². The van der Waals surface area contributed by atoms with Crippen LogP contribution in [0.15, 0.2) is 0 Å². The van der Waals surface area contributed by atoms with Crippen molar-refractivity contribution in [2.45, 2.75) is 58.3 Å². The highest BCUT2D eigenvalue weighted by atomic mass is 32.3. The number of carbonyl (C=O) groups excluding carboxylic acids is 2. The summed E-state index contributed by atoms with van der Waals surface area (Å²) in [7, 11) is -2.86. The Balaban J connectivity index is 3.57. The molecule has 0 spiro atoms. The minimum atomic E-state index is -3.88. The standard InChI is InChI=1S/C13H24O6S/c1-3-4-7-12(14)9-10-13(15)8-5-6-11-19-20(16,17)18-2/h3-11H2,1-2H3. The molecule has 0 aromatic carbocycles. The van der Waals surface area contributed by atoms with Gasteiger partial charge in [0.05, 0.1) is 13.7 Å². The fourth-order valence-corrected chi connectivity index (χ4v) is 1.95. The molecule has 0 unspecified atom stereocenters. The Labute approximate surface area is 121 Å². The highest BCUT2D eigenvalue weighted by Gasteiger charge is 2.09. The van der Waals surface area contributed by atoms with Gasteiger partial charge >= 0.3 is 10.4 Å². The molecule has 0 aliphatic heterocycles. The van der Waals surface area contributed by atoms with Gasteiger partial charge in [-0.25, -0.2) is 4.18 Å². The molecule has 0 aromatic heterocycles. The number of carbonyl (C=O) groups is 2. The third-order valence-corrected chi connectivity index (χ3v) is 3.64. The Morgan fingerprint density at radius 1 is 0.900 bits per heavy atom. The zero-order chi connectivity index (χ0) is 15.4. The molecule has 0 radical (unpaired) electrons. The van der Waals surface area contributed by atoms with Gasteiger partial charge in [0.1, 0.15) is 11.6 Å². The van der Waals surface area contributed by atoms with Crippen LogP contribution in [0.4, 0.5) is 0 Å². The van der Waals surface area contributed by atoms with Crippen molar-refractivity contribution in [2.75, 3.05) is 13.7 Å². The molecular formula is C13H24O6S. The molecule has 0 atom stereocenters. The number of ketones is 2. The van der Waals surface area contributed by atoms with E-state index in [-0.39, 0.29) is 24.6 Å². The van der Waals surface area contributed by atoms with E-state index in [1.165, 1.54) is 0 Å². The van der Waals surface area contributed by atoms with Crippen LogP contribution in [-0.2, 0) is 28.4 Å². The van der Waals surface area contributed by atoms with Gasteiger partial charge in [-0.2, -0.15) is 8.42 Å². The minimum absolute atomic E-state index is 0.00111. The first-order valence-corrected chi connectivity index (χ1v) is 8.23. The number of hydrogen-bond donors (Lipinski definition) is 0. The smallest absolute Gasteiger partial charge is 0.300 e. The first-order chi connectivity index (χ1) is 9.41. The van der Waals surface area contributed by atoms with E-state index in [1.54, 1.807) is 0 Å². The Kier molecular flexibility index (Phi) is 10.5. The van der Waals surface area contributed by atoms with Crippen molar-refractivity contribution in [3.05, 3.63) is 0 Å². The third-order valence-electron chi connectivity index (χ3n) is 2.77. The molecule has 0 fully saturated rings. The lowest BCUT2D eigenvalue weighted by Gasteiger charge is -2.03. The van der Waals surface area contributed by atoms with E-state index in [9.17, 15) is 18.0 Å². The highest BCUT2D eigenvalue weighted by Crippen LogP contribution is 2.06. The van der Waals surface area contributed by atoms with Gasteiger partial charge in [-0.3, -0.25) is 13.8 Å². The summed E-state index contributed by atoms with van der Waals surface area (Å²) < 4.78 is 30.2. The number of hydrogen-bond acceptors (Lipinski definition) is 6. The van der Waals surface area contributed by atoms with Crippen molar-refractivity contribution in [3.8, 4) is 0 Å². The Morgan fingerprint density at radius 2 is 1.45 bits per heavy atom. The molecule has 0 aromatic rings. The molecule has 0 heterocycles. The third kappa shape index (κ3) is 11.1. The van der Waals surface area contributed by atoms with Gasteiger partial charge in [0, 0.05) is 25.7 Å². The SMILES string of the molecule is CCCCC(=O)CCC(=O)CCCCOS(=O)(=O)OC. The zero-order valence-electron chi connectivity index (χ0n) is 12.2. The van der Waals surface area contributed by atoms with E-state index in [0.29, 0.717) is 32.1 Å². The molecule has 7 heteroatoms. The lowest BCUT2D eigenvalue weighted by atomic mass is 10.0. The molecule has 0 aliphatic carbocycles. The monoisotopic (exact) mass is 308 g/mol. The first-order valence-electron chi connectivity index (χ1n) is 6.89. The second kappa shape index (κ2) is 10.9. The fourth-order valence-electron chi connectivity index (χ4n) is 1.54. The van der Waals surface area contributed by atoms with Crippen LogP contribution in [0.2, 0.25) is 0 Å². The maximum atomic E-state index is 11.5. The molecule has 0 aliphatic rings. The molecule has 0 N–H and O–H groups in total. The predicted octanol–water partition coefficient (Wildman–Crippen LogP) is 2.17. The molecule has 0 saturated carbocycles. The second-order valence-corrected chi connectivity index (χ2v) is 5.92. The van der Waals surface area contributed by atoms with Crippen molar-refractivity contribution in [3.63, 3.8) is 0 Å². The summed E-state index contributed by atoms with van der Waals surface area (Å²) in [5.74, 6) is 0.166. The molecule has 0 bridgehead atoms. The molecular weight excluding hydrogens is 284 g/mol. The van der Waals surface area contributed by atoms with Gasteiger partial charge in [0.25, 0.3) is 0 Å². The van der Waals surface area contributed by atoms with Gasteiger partial charge in [-0.1, -0.05) is 13.3 Å². The lowest BCUT2D eigenvalue weighted by Crippen LogP contribution is -2.09. The van der Waals surface area contributed by atoms with E-state index in [1.807, 2.05) is 6.92 Å². The maximum absolute atomic E-state index is 11.5. The van der Waals surface area contributed by atoms with Crippen LogP contribution in [-0.4, -0.2) is 33.7 Å². The van der Waals surface area contributed by atoms with Gasteiger partial charge in [0.15, 0.2) is 0 Å². The first kappa shape index (κ1) is 19.2. The number of unbranched alkanes of at least 4 members (excludes halogenated alkanes) is 2. The van der Waals surface area contributed by atoms with Gasteiger partial charge < -0.3 is 0 Å². The highest BCUT2D eigenvalue weighted by molar-refractivity contribution is 7.81. The van der Waals surface area contributed by atoms with Gasteiger partial charge in [0.2, 0.25) is 0 Å². The summed E-state index contributed by atoms with van der Waals surface area (Å²) in [5, 5.41) is 0. The zero-order valence-corrected chi connectivity index (χ0v) is 13.0. The van der Waals surface area contributed by atoms with Crippen molar-refractivity contribution in [2.24, 2.45) is 0 Å². The van der Waals surface area contributed by atoms with Crippen LogP contribution in [0.3, 0.4) is 0 Å². The predicted molar refractivity (Wildman–Crippen MR) is 74.5 cm³/mol. The Morgan fingerprint density at radius 3 is 1.95 bits per heavy atom.